The predicted octanol–water partition coefficient (Wildman–Crippen LogP) is 2.85. The topological polar surface area (TPSA) is 36.3 Å². The van der Waals surface area contributed by atoms with Crippen LogP contribution < -0.4 is 5.46 Å². The van der Waals surface area contributed by atoms with Crippen LogP contribution in [0.1, 0.15) is 44.5 Å². The molecular weight excluding hydrogens is 287 g/mol. The van der Waals surface area contributed by atoms with Crippen LogP contribution in [0, 0.1) is 13.8 Å². The lowest BCUT2D eigenvalue weighted by molar-refractivity contribution is 0.00578. The van der Waals surface area contributed by atoms with Crippen molar-refractivity contribution in [3.63, 3.8) is 0 Å². The maximum absolute atomic E-state index is 6.20. The molecule has 0 saturated carbocycles. The molecule has 0 N–H and O–H groups in total. The third kappa shape index (κ3) is 2.95. The van der Waals surface area contributed by atoms with Crippen LogP contribution in [0.2, 0.25) is 0 Å². The normalized spacial score (nSPS) is 19.3. The summed E-state index contributed by atoms with van der Waals surface area (Å²) in [5.74, 6) is 0. The van der Waals surface area contributed by atoms with E-state index < -0.39 is 0 Å². The molecule has 1 aromatic carbocycles. The van der Waals surface area contributed by atoms with Gasteiger partial charge in [0.05, 0.1) is 17.7 Å². The number of rotatable bonds is 3. The fraction of sp³-hybridized carbons (Fsp3) is 0.500. The van der Waals surface area contributed by atoms with Crippen LogP contribution in [0.15, 0.2) is 30.5 Å². The van der Waals surface area contributed by atoms with E-state index in [1.165, 1.54) is 11.1 Å². The maximum atomic E-state index is 6.20. The summed E-state index contributed by atoms with van der Waals surface area (Å²) in [5.41, 5.74) is 4.00. The second-order valence-electron chi connectivity index (χ2n) is 7.41. The van der Waals surface area contributed by atoms with Gasteiger partial charge in [-0.2, -0.15) is 5.10 Å². The second kappa shape index (κ2) is 5.50. The van der Waals surface area contributed by atoms with Gasteiger partial charge in [-0.3, -0.25) is 4.68 Å². The second-order valence-corrected chi connectivity index (χ2v) is 7.41. The first-order valence-electron chi connectivity index (χ1n) is 8.13. The average molecular weight is 312 g/mol. The van der Waals surface area contributed by atoms with Crippen LogP contribution in [-0.2, 0) is 15.9 Å². The standard InChI is InChI=1S/C18H25BN2O2/c1-13-7-8-15(12-21-14(2)9-10-20-21)11-16(13)19-22-17(3,4)18(5,6)23-19/h7-11H,12H2,1-6H3. The molecule has 0 radical (unpaired) electrons. The van der Waals surface area contributed by atoms with Crippen molar-refractivity contribution >= 4 is 12.6 Å². The fourth-order valence-corrected chi connectivity index (χ4v) is 2.75. The average Bonchev–Trinajstić information content (AvgIpc) is 2.93. The molecule has 2 heterocycles. The highest BCUT2D eigenvalue weighted by Gasteiger charge is 2.52. The molecule has 1 saturated heterocycles. The summed E-state index contributed by atoms with van der Waals surface area (Å²) in [6, 6.07) is 8.47. The third-order valence-corrected chi connectivity index (χ3v) is 5.11. The lowest BCUT2D eigenvalue weighted by atomic mass is 9.75. The summed E-state index contributed by atoms with van der Waals surface area (Å²) in [5, 5.41) is 4.36. The molecule has 0 atom stereocenters. The van der Waals surface area contributed by atoms with Gasteiger partial charge in [0.1, 0.15) is 0 Å². The third-order valence-electron chi connectivity index (χ3n) is 5.11. The van der Waals surface area contributed by atoms with E-state index in [-0.39, 0.29) is 18.3 Å². The lowest BCUT2D eigenvalue weighted by Gasteiger charge is -2.32. The number of hydrogen-bond acceptors (Lipinski definition) is 3. The zero-order chi connectivity index (χ0) is 16.8. The zero-order valence-electron chi connectivity index (χ0n) is 14.9. The number of hydrogen-bond donors (Lipinski definition) is 0. The summed E-state index contributed by atoms with van der Waals surface area (Å²) in [6.45, 7) is 13.3. The Morgan fingerprint density at radius 3 is 2.26 bits per heavy atom. The highest BCUT2D eigenvalue weighted by atomic mass is 16.7. The van der Waals surface area contributed by atoms with E-state index in [4.69, 9.17) is 9.31 Å². The van der Waals surface area contributed by atoms with Gasteiger partial charge in [0.25, 0.3) is 0 Å². The molecule has 2 aromatic rings. The Morgan fingerprint density at radius 2 is 1.70 bits per heavy atom. The number of aromatic nitrogens is 2. The molecule has 0 bridgehead atoms. The zero-order valence-corrected chi connectivity index (χ0v) is 14.9. The summed E-state index contributed by atoms with van der Waals surface area (Å²) < 4.78 is 14.4. The molecule has 1 aromatic heterocycles. The van der Waals surface area contributed by atoms with Crippen molar-refractivity contribution in [1.29, 1.82) is 0 Å². The van der Waals surface area contributed by atoms with Crippen molar-refractivity contribution in [3.8, 4) is 0 Å². The van der Waals surface area contributed by atoms with Crippen molar-refractivity contribution in [3.05, 3.63) is 47.3 Å². The van der Waals surface area contributed by atoms with E-state index >= 15 is 0 Å². The van der Waals surface area contributed by atoms with Gasteiger partial charge in [0.2, 0.25) is 0 Å². The summed E-state index contributed by atoms with van der Waals surface area (Å²) >= 11 is 0. The van der Waals surface area contributed by atoms with Crippen molar-refractivity contribution < 1.29 is 9.31 Å². The minimum Gasteiger partial charge on any atom is -0.399 e. The van der Waals surface area contributed by atoms with Crippen LogP contribution in [0.5, 0.6) is 0 Å². The quantitative estimate of drug-likeness (QED) is 0.818. The molecule has 0 amide bonds. The predicted molar refractivity (Wildman–Crippen MR) is 93.0 cm³/mol. The highest BCUT2D eigenvalue weighted by Crippen LogP contribution is 2.36. The largest absolute Gasteiger partial charge is 0.495 e. The monoisotopic (exact) mass is 312 g/mol. The van der Waals surface area contributed by atoms with Crippen molar-refractivity contribution in [2.75, 3.05) is 0 Å². The van der Waals surface area contributed by atoms with E-state index in [0.717, 1.165) is 17.7 Å². The van der Waals surface area contributed by atoms with Crippen LogP contribution in [0.25, 0.3) is 0 Å². The SMILES string of the molecule is Cc1ccc(Cn2nccc2C)cc1B1OC(C)(C)C(C)(C)O1. The van der Waals surface area contributed by atoms with Crippen LogP contribution in [-0.4, -0.2) is 28.1 Å². The molecule has 1 aliphatic heterocycles. The smallest absolute Gasteiger partial charge is 0.399 e. The van der Waals surface area contributed by atoms with Gasteiger partial charge in [0.15, 0.2) is 0 Å². The van der Waals surface area contributed by atoms with Crippen molar-refractivity contribution in [2.45, 2.75) is 59.3 Å². The number of aryl methyl sites for hydroxylation is 2. The van der Waals surface area contributed by atoms with Crippen LogP contribution in [0.4, 0.5) is 0 Å². The molecule has 1 aliphatic rings. The van der Waals surface area contributed by atoms with E-state index in [1.54, 1.807) is 0 Å². The van der Waals surface area contributed by atoms with Gasteiger partial charge < -0.3 is 9.31 Å². The molecule has 122 valence electrons. The molecule has 0 unspecified atom stereocenters. The fourth-order valence-electron chi connectivity index (χ4n) is 2.75. The van der Waals surface area contributed by atoms with Gasteiger partial charge in [-0.15, -0.1) is 0 Å². The Balaban J connectivity index is 1.89. The molecule has 0 spiro atoms. The van der Waals surface area contributed by atoms with Crippen LogP contribution in [0.3, 0.4) is 0 Å². The van der Waals surface area contributed by atoms with E-state index in [1.807, 2.05) is 16.9 Å². The molecule has 4 nitrogen and oxygen atoms in total. The summed E-state index contributed by atoms with van der Waals surface area (Å²) in [4.78, 5) is 0. The first-order valence-corrected chi connectivity index (χ1v) is 8.13. The van der Waals surface area contributed by atoms with E-state index in [9.17, 15) is 0 Å². The first kappa shape index (κ1) is 16.3. The Labute approximate surface area is 138 Å². The van der Waals surface area contributed by atoms with Gasteiger partial charge in [-0.1, -0.05) is 23.8 Å². The molecule has 23 heavy (non-hydrogen) atoms. The minimum absolute atomic E-state index is 0.321. The number of nitrogens with zero attached hydrogens (tertiary/aromatic N) is 2. The van der Waals surface area contributed by atoms with Gasteiger partial charge in [-0.25, -0.2) is 0 Å². The number of benzene rings is 1. The van der Waals surface area contributed by atoms with Gasteiger partial charge in [-0.05, 0) is 58.6 Å². The molecular formula is C18H25BN2O2. The van der Waals surface area contributed by atoms with E-state index in [0.29, 0.717) is 0 Å². The van der Waals surface area contributed by atoms with Gasteiger partial charge >= 0.3 is 7.12 Å². The Bertz CT molecular complexity index is 706. The molecule has 5 heteroatoms. The highest BCUT2D eigenvalue weighted by molar-refractivity contribution is 6.62. The maximum Gasteiger partial charge on any atom is 0.495 e. The summed E-state index contributed by atoms with van der Waals surface area (Å²) in [6.07, 6.45) is 1.83. The Morgan fingerprint density at radius 1 is 1.04 bits per heavy atom. The van der Waals surface area contributed by atoms with E-state index in [2.05, 4.69) is 64.8 Å². The molecule has 0 aliphatic carbocycles. The Kier molecular flexibility index (Phi) is 3.89. The van der Waals surface area contributed by atoms with Gasteiger partial charge in [0, 0.05) is 11.9 Å². The molecule has 1 fully saturated rings. The van der Waals surface area contributed by atoms with Crippen molar-refractivity contribution in [2.24, 2.45) is 0 Å². The Hall–Kier alpha value is -1.59. The molecule has 3 rings (SSSR count). The minimum atomic E-state index is -0.321. The lowest BCUT2D eigenvalue weighted by Crippen LogP contribution is -2.41. The van der Waals surface area contributed by atoms with Crippen molar-refractivity contribution in [1.82, 2.24) is 9.78 Å². The summed E-state index contributed by atoms with van der Waals surface area (Å²) in [7, 11) is -0.321. The first-order chi connectivity index (χ1) is 10.7. The van der Waals surface area contributed by atoms with Crippen LogP contribution >= 0.6 is 0 Å².